The number of hydrogen-bond donors (Lipinski definition) is 1. The molecule has 1 fully saturated rings. The van der Waals surface area contributed by atoms with Crippen LogP contribution in [0.4, 0.5) is 0 Å². The molecule has 0 spiro atoms. The lowest BCUT2D eigenvalue weighted by molar-refractivity contribution is -0.140. The smallest absolute Gasteiger partial charge is 0.314 e. The third kappa shape index (κ3) is 1.12. The Balaban J connectivity index is 2.36. The molecule has 1 aliphatic carbocycles. The van der Waals surface area contributed by atoms with Crippen LogP contribution in [0.5, 0.6) is 0 Å². The fraction of sp³-hybridized carbons (Fsp3) is 0.455. The first-order valence-electron chi connectivity index (χ1n) is 4.85. The van der Waals surface area contributed by atoms with Gasteiger partial charge < -0.3 is 5.11 Å². The summed E-state index contributed by atoms with van der Waals surface area (Å²) < 4.78 is 0. The van der Waals surface area contributed by atoms with Crippen molar-refractivity contribution >= 4 is 5.97 Å². The molecule has 0 saturated heterocycles. The lowest BCUT2D eigenvalue weighted by Gasteiger charge is -2.11. The van der Waals surface area contributed by atoms with Gasteiger partial charge in [-0.25, -0.2) is 0 Å². The molecule has 2 atom stereocenters. The van der Waals surface area contributed by atoms with Crippen LogP contribution in [0.2, 0.25) is 0 Å². The fourth-order valence-corrected chi connectivity index (χ4v) is 2.19. The van der Waals surface area contributed by atoms with E-state index in [1.54, 1.807) is 18.5 Å². The van der Waals surface area contributed by atoms with Gasteiger partial charge in [0.15, 0.2) is 0 Å². The lowest BCUT2D eigenvalue weighted by Crippen LogP contribution is -2.22. The van der Waals surface area contributed by atoms with Gasteiger partial charge in [-0.2, -0.15) is 0 Å². The lowest BCUT2D eigenvalue weighted by atomic mass is 9.94. The summed E-state index contributed by atoms with van der Waals surface area (Å²) in [6.07, 6.45) is 5.01. The zero-order valence-corrected chi connectivity index (χ0v) is 8.10. The summed E-state index contributed by atoms with van der Waals surface area (Å²) in [6, 6.07) is 3.65. The van der Waals surface area contributed by atoms with E-state index in [9.17, 15) is 9.90 Å². The van der Waals surface area contributed by atoms with E-state index >= 15 is 0 Å². The number of nitrogens with zero attached hydrogens (tertiary/aromatic N) is 1. The first-order chi connectivity index (χ1) is 6.71. The molecule has 2 unspecified atom stereocenters. The van der Waals surface area contributed by atoms with Gasteiger partial charge >= 0.3 is 5.97 Å². The number of aromatic nitrogens is 1. The minimum Gasteiger partial charge on any atom is -0.481 e. The Labute approximate surface area is 82.8 Å². The van der Waals surface area contributed by atoms with E-state index < -0.39 is 11.4 Å². The zero-order valence-electron chi connectivity index (χ0n) is 8.10. The van der Waals surface area contributed by atoms with Crippen molar-refractivity contribution in [3.05, 3.63) is 30.1 Å². The summed E-state index contributed by atoms with van der Waals surface area (Å²) in [5.74, 6) is -0.429. The van der Waals surface area contributed by atoms with E-state index in [-0.39, 0.29) is 5.92 Å². The SMILES string of the molecule is CCC1CC1(C(=O)O)c1cccnc1. The first-order valence-corrected chi connectivity index (χ1v) is 4.85. The van der Waals surface area contributed by atoms with Gasteiger partial charge in [0, 0.05) is 12.4 Å². The molecule has 0 radical (unpaired) electrons. The quantitative estimate of drug-likeness (QED) is 0.793. The first kappa shape index (κ1) is 9.19. The van der Waals surface area contributed by atoms with Gasteiger partial charge in [0.2, 0.25) is 0 Å². The van der Waals surface area contributed by atoms with Gasteiger partial charge in [0.25, 0.3) is 0 Å². The predicted molar refractivity (Wildman–Crippen MR) is 51.9 cm³/mol. The maximum Gasteiger partial charge on any atom is 0.314 e. The number of hydrogen-bond acceptors (Lipinski definition) is 2. The molecule has 3 heteroatoms. The van der Waals surface area contributed by atoms with Crippen LogP contribution in [0, 0.1) is 5.92 Å². The van der Waals surface area contributed by atoms with E-state index in [0.717, 1.165) is 18.4 Å². The van der Waals surface area contributed by atoms with Crippen LogP contribution in [0.15, 0.2) is 24.5 Å². The molecule has 0 amide bonds. The second kappa shape index (κ2) is 3.08. The summed E-state index contributed by atoms with van der Waals surface area (Å²) in [5, 5.41) is 9.23. The van der Waals surface area contributed by atoms with Crippen molar-refractivity contribution in [1.29, 1.82) is 0 Å². The highest BCUT2D eigenvalue weighted by Crippen LogP contribution is 2.55. The summed E-state index contributed by atoms with van der Waals surface area (Å²) >= 11 is 0. The number of carboxylic acid groups (broad SMARTS) is 1. The Hall–Kier alpha value is -1.38. The molecule has 3 nitrogen and oxygen atoms in total. The van der Waals surface area contributed by atoms with Crippen LogP contribution in [0.3, 0.4) is 0 Å². The van der Waals surface area contributed by atoms with Crippen LogP contribution in [-0.4, -0.2) is 16.1 Å². The van der Waals surface area contributed by atoms with Crippen molar-refractivity contribution < 1.29 is 9.90 Å². The monoisotopic (exact) mass is 191 g/mol. The zero-order chi connectivity index (χ0) is 10.2. The molecule has 1 aromatic heterocycles. The molecular formula is C11H13NO2. The third-order valence-corrected chi connectivity index (χ3v) is 3.16. The van der Waals surface area contributed by atoms with E-state index in [4.69, 9.17) is 0 Å². The summed E-state index contributed by atoms with van der Waals surface area (Å²) in [6.45, 7) is 2.03. The Bertz CT molecular complexity index is 350. The largest absolute Gasteiger partial charge is 0.481 e. The summed E-state index contributed by atoms with van der Waals surface area (Å²) in [4.78, 5) is 15.2. The minimum atomic E-state index is -0.711. The van der Waals surface area contributed by atoms with Crippen LogP contribution < -0.4 is 0 Å². The van der Waals surface area contributed by atoms with Gasteiger partial charge in [-0.1, -0.05) is 19.4 Å². The second-order valence-corrected chi connectivity index (χ2v) is 3.83. The van der Waals surface area contributed by atoms with Crippen molar-refractivity contribution in [2.75, 3.05) is 0 Å². The van der Waals surface area contributed by atoms with Crippen molar-refractivity contribution in [2.45, 2.75) is 25.2 Å². The van der Waals surface area contributed by atoms with Crippen LogP contribution >= 0.6 is 0 Å². The van der Waals surface area contributed by atoms with E-state index in [0.29, 0.717) is 0 Å². The van der Waals surface area contributed by atoms with Gasteiger partial charge in [0.05, 0.1) is 5.41 Å². The minimum absolute atomic E-state index is 0.282. The standard InChI is InChI=1S/C11H13NO2/c1-2-8-6-11(8,10(13)14)9-4-3-5-12-7-9/h3-5,7-8H,2,6H2,1H3,(H,13,14). The number of pyridine rings is 1. The molecular weight excluding hydrogens is 178 g/mol. The molecule has 0 aliphatic heterocycles. The normalized spacial score (nSPS) is 29.9. The van der Waals surface area contributed by atoms with Gasteiger partial charge in [-0.15, -0.1) is 0 Å². The average Bonchev–Trinajstić information content (AvgIpc) is 2.94. The average molecular weight is 191 g/mol. The van der Waals surface area contributed by atoms with Crippen molar-refractivity contribution in [3.8, 4) is 0 Å². The van der Waals surface area contributed by atoms with Crippen molar-refractivity contribution in [3.63, 3.8) is 0 Å². The number of aliphatic carboxylic acids is 1. The topological polar surface area (TPSA) is 50.2 Å². The molecule has 2 rings (SSSR count). The number of carbonyl (C=O) groups is 1. The Kier molecular flexibility index (Phi) is 2.02. The molecule has 0 aromatic carbocycles. The van der Waals surface area contributed by atoms with Crippen LogP contribution in [0.1, 0.15) is 25.3 Å². The maximum atomic E-state index is 11.2. The molecule has 1 saturated carbocycles. The van der Waals surface area contributed by atoms with Gasteiger partial charge in [-0.3, -0.25) is 9.78 Å². The summed E-state index contributed by atoms with van der Waals surface area (Å²) in [5.41, 5.74) is 0.211. The molecule has 1 aromatic rings. The van der Waals surface area contributed by atoms with E-state index in [1.807, 2.05) is 13.0 Å². The molecule has 74 valence electrons. The van der Waals surface area contributed by atoms with Crippen LogP contribution in [0.25, 0.3) is 0 Å². The molecule has 0 bridgehead atoms. The Morgan fingerprint density at radius 2 is 2.57 bits per heavy atom. The highest BCUT2D eigenvalue weighted by molar-refractivity contribution is 5.85. The summed E-state index contributed by atoms with van der Waals surface area (Å²) in [7, 11) is 0. The third-order valence-electron chi connectivity index (χ3n) is 3.16. The number of rotatable bonds is 3. The van der Waals surface area contributed by atoms with Gasteiger partial charge in [-0.05, 0) is 24.0 Å². The predicted octanol–water partition coefficient (Wildman–Crippen LogP) is 1.83. The molecule has 1 N–H and O–H groups in total. The second-order valence-electron chi connectivity index (χ2n) is 3.83. The highest BCUT2D eigenvalue weighted by atomic mass is 16.4. The van der Waals surface area contributed by atoms with Crippen molar-refractivity contribution in [1.82, 2.24) is 4.98 Å². The Morgan fingerprint density at radius 3 is 3.00 bits per heavy atom. The van der Waals surface area contributed by atoms with E-state index in [2.05, 4.69) is 4.98 Å². The molecule has 14 heavy (non-hydrogen) atoms. The fourth-order valence-electron chi connectivity index (χ4n) is 2.19. The maximum absolute atomic E-state index is 11.2. The molecule has 1 heterocycles. The Morgan fingerprint density at radius 1 is 1.79 bits per heavy atom. The van der Waals surface area contributed by atoms with Crippen LogP contribution in [-0.2, 0) is 10.2 Å². The number of carboxylic acids is 1. The molecule has 1 aliphatic rings. The van der Waals surface area contributed by atoms with Gasteiger partial charge in [0.1, 0.15) is 0 Å². The van der Waals surface area contributed by atoms with E-state index in [1.165, 1.54) is 0 Å². The highest BCUT2D eigenvalue weighted by Gasteiger charge is 2.60. The van der Waals surface area contributed by atoms with Crippen molar-refractivity contribution in [2.24, 2.45) is 5.92 Å².